The van der Waals surface area contributed by atoms with Crippen LogP contribution in [0.15, 0.2) is 0 Å². The van der Waals surface area contributed by atoms with Gasteiger partial charge in [0.25, 0.3) is 0 Å². The highest BCUT2D eigenvalue weighted by molar-refractivity contribution is 4.83. The first-order chi connectivity index (χ1) is 8.44. The van der Waals surface area contributed by atoms with E-state index in [1.54, 1.807) is 7.11 Å². The van der Waals surface area contributed by atoms with Gasteiger partial charge in [-0.25, -0.2) is 0 Å². The monoisotopic (exact) mass is 257 g/mol. The van der Waals surface area contributed by atoms with Gasteiger partial charge in [-0.15, -0.1) is 0 Å². The van der Waals surface area contributed by atoms with Crippen LogP contribution in [0.1, 0.15) is 47.0 Å². The summed E-state index contributed by atoms with van der Waals surface area (Å²) in [4.78, 5) is 0. The van der Waals surface area contributed by atoms with E-state index in [0.717, 1.165) is 26.1 Å². The molecule has 108 valence electrons. The van der Waals surface area contributed by atoms with Gasteiger partial charge in [-0.1, -0.05) is 13.8 Å². The summed E-state index contributed by atoms with van der Waals surface area (Å²) in [6, 6.07) is 0. The van der Waals surface area contributed by atoms with Crippen LogP contribution in [0, 0.1) is 11.8 Å². The van der Waals surface area contributed by atoms with Crippen molar-refractivity contribution in [3.63, 3.8) is 0 Å². The van der Waals surface area contributed by atoms with E-state index >= 15 is 0 Å². The van der Waals surface area contributed by atoms with Crippen LogP contribution in [0.4, 0.5) is 0 Å². The van der Waals surface area contributed by atoms with Crippen molar-refractivity contribution in [3.05, 3.63) is 0 Å². The highest BCUT2D eigenvalue weighted by atomic mass is 16.5. The fraction of sp³-hybridized carbons (Fsp3) is 1.00. The van der Waals surface area contributed by atoms with Gasteiger partial charge in [0, 0.05) is 26.7 Å². The number of methoxy groups -OCH3 is 1. The largest absolute Gasteiger partial charge is 0.379 e. The van der Waals surface area contributed by atoms with Crippen molar-refractivity contribution in [1.82, 2.24) is 5.32 Å². The van der Waals surface area contributed by atoms with E-state index < -0.39 is 0 Å². The second-order valence-electron chi connectivity index (χ2n) is 6.53. The second kappa shape index (κ2) is 7.46. The minimum Gasteiger partial charge on any atom is -0.379 e. The zero-order valence-corrected chi connectivity index (χ0v) is 12.8. The summed E-state index contributed by atoms with van der Waals surface area (Å²) in [6.07, 6.45) is 3.79. The van der Waals surface area contributed by atoms with Crippen molar-refractivity contribution < 1.29 is 9.47 Å². The molecule has 3 heteroatoms. The van der Waals surface area contributed by atoms with Gasteiger partial charge in [-0.3, -0.25) is 0 Å². The molecule has 18 heavy (non-hydrogen) atoms. The van der Waals surface area contributed by atoms with E-state index in [-0.39, 0.29) is 5.60 Å². The van der Waals surface area contributed by atoms with Crippen LogP contribution in [0.5, 0.6) is 0 Å². The number of ether oxygens (including phenoxy) is 2. The van der Waals surface area contributed by atoms with Gasteiger partial charge in [0.2, 0.25) is 0 Å². The van der Waals surface area contributed by atoms with Crippen LogP contribution in [-0.4, -0.2) is 38.5 Å². The fourth-order valence-corrected chi connectivity index (χ4v) is 2.49. The molecule has 0 saturated carbocycles. The van der Waals surface area contributed by atoms with Gasteiger partial charge in [0.05, 0.1) is 11.7 Å². The first-order valence-corrected chi connectivity index (χ1v) is 7.32. The Hall–Kier alpha value is -0.120. The van der Waals surface area contributed by atoms with Crippen molar-refractivity contribution >= 4 is 0 Å². The molecule has 0 bridgehead atoms. The summed E-state index contributed by atoms with van der Waals surface area (Å²) in [5.74, 6) is 1.34. The van der Waals surface area contributed by atoms with Gasteiger partial charge in [-0.05, 0) is 45.1 Å². The molecule has 0 aliphatic carbocycles. The van der Waals surface area contributed by atoms with Gasteiger partial charge in [0.15, 0.2) is 0 Å². The Labute approximate surface area is 113 Å². The van der Waals surface area contributed by atoms with Gasteiger partial charge < -0.3 is 14.8 Å². The first-order valence-electron chi connectivity index (χ1n) is 7.32. The van der Waals surface area contributed by atoms with Crippen LogP contribution in [0.25, 0.3) is 0 Å². The maximum atomic E-state index is 5.97. The Morgan fingerprint density at radius 1 is 1.39 bits per heavy atom. The molecule has 1 heterocycles. The van der Waals surface area contributed by atoms with Crippen LogP contribution in [0.3, 0.4) is 0 Å². The molecule has 1 rings (SSSR count). The lowest BCUT2D eigenvalue weighted by Crippen LogP contribution is -2.42. The molecule has 1 aliphatic rings. The molecule has 0 radical (unpaired) electrons. The molecule has 0 aromatic rings. The average Bonchev–Trinajstić information content (AvgIpc) is 2.30. The predicted octanol–water partition coefficient (Wildman–Crippen LogP) is 2.84. The normalized spacial score (nSPS) is 25.7. The molecule has 2 atom stereocenters. The molecule has 0 aromatic heterocycles. The van der Waals surface area contributed by atoms with Crippen LogP contribution in [-0.2, 0) is 9.47 Å². The molecule has 1 fully saturated rings. The highest BCUT2D eigenvalue weighted by Gasteiger charge is 2.31. The number of hydrogen-bond donors (Lipinski definition) is 1. The highest BCUT2D eigenvalue weighted by Crippen LogP contribution is 2.28. The number of hydrogen-bond acceptors (Lipinski definition) is 3. The Kier molecular flexibility index (Phi) is 6.61. The standard InChI is InChI=1S/C15H31NO2/c1-12(2)10-16-11-13-7-6-8-18-14(13)9-15(3,4)17-5/h12-14,16H,6-11H2,1-5H3. The fourth-order valence-electron chi connectivity index (χ4n) is 2.49. The van der Waals surface area contributed by atoms with E-state index in [0.29, 0.717) is 17.9 Å². The lowest BCUT2D eigenvalue weighted by Gasteiger charge is -2.36. The summed E-state index contributed by atoms with van der Waals surface area (Å²) < 4.78 is 11.5. The third-order valence-electron chi connectivity index (χ3n) is 3.78. The summed E-state index contributed by atoms with van der Waals surface area (Å²) in [7, 11) is 1.79. The molecule has 0 amide bonds. The minimum atomic E-state index is -0.0850. The summed E-state index contributed by atoms with van der Waals surface area (Å²) >= 11 is 0. The lowest BCUT2D eigenvalue weighted by atomic mass is 9.87. The van der Waals surface area contributed by atoms with Crippen molar-refractivity contribution in [2.24, 2.45) is 11.8 Å². The summed E-state index contributed by atoms with van der Waals surface area (Å²) in [6.45, 7) is 11.9. The Morgan fingerprint density at radius 3 is 2.72 bits per heavy atom. The van der Waals surface area contributed by atoms with Crippen molar-refractivity contribution in [1.29, 1.82) is 0 Å². The molecular weight excluding hydrogens is 226 g/mol. The summed E-state index contributed by atoms with van der Waals surface area (Å²) in [5.41, 5.74) is -0.0850. The van der Waals surface area contributed by atoms with Gasteiger partial charge >= 0.3 is 0 Å². The zero-order chi connectivity index (χ0) is 13.6. The van der Waals surface area contributed by atoms with Crippen LogP contribution >= 0.6 is 0 Å². The molecule has 0 spiro atoms. The van der Waals surface area contributed by atoms with Gasteiger partial charge in [0.1, 0.15) is 0 Å². The SMILES string of the molecule is COC(C)(C)CC1OCCCC1CNCC(C)C. The van der Waals surface area contributed by atoms with E-state index in [1.807, 2.05) is 0 Å². The molecule has 0 aromatic carbocycles. The second-order valence-corrected chi connectivity index (χ2v) is 6.53. The Morgan fingerprint density at radius 2 is 2.11 bits per heavy atom. The van der Waals surface area contributed by atoms with Crippen molar-refractivity contribution in [2.75, 3.05) is 26.8 Å². The third kappa shape index (κ3) is 5.68. The number of rotatable bonds is 7. The molecule has 1 aliphatic heterocycles. The van der Waals surface area contributed by atoms with Gasteiger partial charge in [-0.2, -0.15) is 0 Å². The maximum Gasteiger partial charge on any atom is 0.0647 e. The van der Waals surface area contributed by atoms with E-state index in [2.05, 4.69) is 33.0 Å². The molecule has 1 N–H and O–H groups in total. The quantitative estimate of drug-likeness (QED) is 0.761. The molecular formula is C15H31NO2. The zero-order valence-electron chi connectivity index (χ0n) is 12.8. The number of nitrogens with one attached hydrogen (secondary N) is 1. The average molecular weight is 257 g/mol. The maximum absolute atomic E-state index is 5.97. The Bertz CT molecular complexity index is 229. The first kappa shape index (κ1) is 15.9. The van der Waals surface area contributed by atoms with E-state index in [4.69, 9.17) is 9.47 Å². The molecule has 1 saturated heterocycles. The summed E-state index contributed by atoms with van der Waals surface area (Å²) in [5, 5.41) is 3.57. The minimum absolute atomic E-state index is 0.0850. The smallest absolute Gasteiger partial charge is 0.0647 e. The lowest BCUT2D eigenvalue weighted by molar-refractivity contribution is -0.0833. The van der Waals surface area contributed by atoms with Crippen molar-refractivity contribution in [2.45, 2.75) is 58.7 Å². The van der Waals surface area contributed by atoms with E-state index in [1.165, 1.54) is 12.8 Å². The predicted molar refractivity (Wildman–Crippen MR) is 75.9 cm³/mol. The third-order valence-corrected chi connectivity index (χ3v) is 3.78. The van der Waals surface area contributed by atoms with E-state index in [9.17, 15) is 0 Å². The molecule has 3 nitrogen and oxygen atoms in total. The van der Waals surface area contributed by atoms with Crippen molar-refractivity contribution in [3.8, 4) is 0 Å². The van der Waals surface area contributed by atoms with Crippen LogP contribution in [0.2, 0.25) is 0 Å². The molecule has 2 unspecified atom stereocenters. The van der Waals surface area contributed by atoms with Crippen LogP contribution < -0.4 is 5.32 Å². The topological polar surface area (TPSA) is 30.5 Å². The Balaban J connectivity index is 2.41.